The van der Waals surface area contributed by atoms with E-state index in [0.717, 1.165) is 24.4 Å². The number of alkyl halides is 2. The minimum absolute atomic E-state index is 0.0956. The summed E-state index contributed by atoms with van der Waals surface area (Å²) in [6.45, 7) is 3.03. The monoisotopic (exact) mass is 334 g/mol. The molecular weight excluding hydrogens is 314 g/mol. The number of hydrogen-bond acceptors (Lipinski definition) is 3. The van der Waals surface area contributed by atoms with E-state index in [-0.39, 0.29) is 31.8 Å². The second-order valence-corrected chi connectivity index (χ2v) is 6.03. The second-order valence-electron chi connectivity index (χ2n) is 6.03. The van der Waals surface area contributed by atoms with Crippen LogP contribution in [-0.4, -0.2) is 44.6 Å². The molecule has 0 atom stereocenters. The number of amides is 1. The van der Waals surface area contributed by atoms with Crippen LogP contribution >= 0.6 is 0 Å². The van der Waals surface area contributed by atoms with Gasteiger partial charge < -0.3 is 4.90 Å². The van der Waals surface area contributed by atoms with Gasteiger partial charge in [-0.05, 0) is 18.6 Å². The number of nitrogens with zero attached hydrogens (tertiary/aromatic N) is 4. The molecule has 1 aromatic heterocycles. The predicted molar refractivity (Wildman–Crippen MR) is 85.8 cm³/mol. The molecule has 0 N–H and O–H groups in total. The topological polar surface area (TPSA) is 51.0 Å². The summed E-state index contributed by atoms with van der Waals surface area (Å²) >= 11 is 0. The minimum atomic E-state index is -2.65. The molecule has 128 valence electrons. The van der Waals surface area contributed by atoms with Crippen LogP contribution in [0.15, 0.2) is 30.6 Å². The van der Waals surface area contributed by atoms with Crippen molar-refractivity contribution in [1.82, 2.24) is 19.7 Å². The van der Waals surface area contributed by atoms with Gasteiger partial charge in [0.2, 0.25) is 0 Å². The summed E-state index contributed by atoms with van der Waals surface area (Å²) in [6.07, 6.45) is 1.93. The molecule has 5 nitrogen and oxygen atoms in total. The summed E-state index contributed by atoms with van der Waals surface area (Å²) in [5.41, 5.74) is 1.38. The first-order valence-corrected chi connectivity index (χ1v) is 8.15. The van der Waals surface area contributed by atoms with E-state index in [1.54, 1.807) is 12.1 Å². The van der Waals surface area contributed by atoms with Crippen molar-refractivity contribution in [2.45, 2.75) is 38.7 Å². The fourth-order valence-electron chi connectivity index (χ4n) is 2.84. The Morgan fingerprint density at radius 3 is 2.50 bits per heavy atom. The van der Waals surface area contributed by atoms with Crippen molar-refractivity contribution < 1.29 is 13.6 Å². The molecule has 0 aliphatic carbocycles. The highest BCUT2D eigenvalue weighted by Gasteiger charge is 2.35. The summed E-state index contributed by atoms with van der Waals surface area (Å²) in [4.78, 5) is 18.2. The van der Waals surface area contributed by atoms with Crippen molar-refractivity contribution in [2.24, 2.45) is 0 Å². The van der Waals surface area contributed by atoms with E-state index in [9.17, 15) is 13.6 Å². The third-order valence-electron chi connectivity index (χ3n) is 4.22. The van der Waals surface area contributed by atoms with Gasteiger partial charge >= 0.3 is 0 Å². The molecule has 0 saturated carbocycles. The second kappa shape index (κ2) is 6.67. The molecule has 1 aliphatic rings. The lowest BCUT2D eigenvalue weighted by Gasteiger charge is -2.31. The molecule has 3 rings (SSSR count). The molecule has 2 aromatic rings. The van der Waals surface area contributed by atoms with Crippen LogP contribution in [0.2, 0.25) is 0 Å². The van der Waals surface area contributed by atoms with Crippen molar-refractivity contribution in [3.63, 3.8) is 0 Å². The van der Waals surface area contributed by atoms with Gasteiger partial charge in [0.15, 0.2) is 5.82 Å². The van der Waals surface area contributed by atoms with Gasteiger partial charge in [0.25, 0.3) is 11.8 Å². The number of hydrogen-bond donors (Lipinski definition) is 0. The van der Waals surface area contributed by atoms with Gasteiger partial charge in [-0.1, -0.05) is 19.1 Å². The van der Waals surface area contributed by atoms with Crippen molar-refractivity contribution >= 4 is 5.91 Å². The van der Waals surface area contributed by atoms with E-state index in [2.05, 4.69) is 17.0 Å². The highest BCUT2D eigenvalue weighted by atomic mass is 19.3. The Morgan fingerprint density at radius 2 is 1.88 bits per heavy atom. The van der Waals surface area contributed by atoms with E-state index in [1.165, 1.54) is 11.2 Å². The Hall–Kier alpha value is -2.31. The maximum atomic E-state index is 13.2. The van der Waals surface area contributed by atoms with Crippen molar-refractivity contribution in [3.8, 4) is 11.4 Å². The van der Waals surface area contributed by atoms with Crippen LogP contribution < -0.4 is 0 Å². The number of likely N-dealkylation sites (tertiary alicyclic amines) is 1. The maximum absolute atomic E-state index is 13.2. The minimum Gasteiger partial charge on any atom is -0.338 e. The third-order valence-corrected chi connectivity index (χ3v) is 4.22. The quantitative estimate of drug-likeness (QED) is 0.862. The molecule has 1 aliphatic heterocycles. The fourth-order valence-corrected chi connectivity index (χ4v) is 2.84. The number of rotatable bonds is 4. The standard InChI is InChI=1S/C17H20F2N4O/c1-2-9-23-15(20-12-21-23)13-3-5-14(6-4-13)16(24)22-10-7-17(18,19)8-11-22/h3-6,12H,2,7-11H2,1H3. The first-order valence-electron chi connectivity index (χ1n) is 8.15. The van der Waals surface area contributed by atoms with Gasteiger partial charge in [0.05, 0.1) is 0 Å². The lowest BCUT2D eigenvalue weighted by atomic mass is 10.0. The summed E-state index contributed by atoms with van der Waals surface area (Å²) < 4.78 is 28.2. The first-order chi connectivity index (χ1) is 11.5. The van der Waals surface area contributed by atoms with Gasteiger partial charge in [-0.15, -0.1) is 0 Å². The molecular formula is C17H20F2N4O. The predicted octanol–water partition coefficient (Wildman–Crippen LogP) is 3.23. The highest BCUT2D eigenvalue weighted by molar-refractivity contribution is 5.94. The van der Waals surface area contributed by atoms with E-state index in [1.807, 2.05) is 16.8 Å². The number of carbonyl (C=O) groups excluding carboxylic acids is 1. The number of benzene rings is 1. The average molecular weight is 334 g/mol. The number of aromatic nitrogens is 3. The Morgan fingerprint density at radius 1 is 1.21 bits per heavy atom. The zero-order chi connectivity index (χ0) is 17.2. The Labute approximate surface area is 139 Å². The molecule has 0 spiro atoms. The third kappa shape index (κ3) is 3.44. The fraction of sp³-hybridized carbons (Fsp3) is 0.471. The first kappa shape index (κ1) is 16.5. The van der Waals surface area contributed by atoms with Crippen molar-refractivity contribution in [2.75, 3.05) is 13.1 Å². The Bertz CT molecular complexity index is 702. The molecule has 0 unspecified atom stereocenters. The molecule has 1 saturated heterocycles. The number of piperidine rings is 1. The zero-order valence-electron chi connectivity index (χ0n) is 13.6. The molecule has 7 heteroatoms. The van der Waals surface area contributed by atoms with Crippen LogP contribution in [0.5, 0.6) is 0 Å². The van der Waals surface area contributed by atoms with Crippen molar-refractivity contribution in [3.05, 3.63) is 36.2 Å². The molecule has 1 fully saturated rings. The number of carbonyl (C=O) groups is 1. The van der Waals surface area contributed by atoms with Crippen LogP contribution in [0.1, 0.15) is 36.5 Å². The maximum Gasteiger partial charge on any atom is 0.253 e. The van der Waals surface area contributed by atoms with Gasteiger partial charge in [-0.3, -0.25) is 4.79 Å². The average Bonchev–Trinajstić information content (AvgIpc) is 3.03. The molecule has 1 amide bonds. The van der Waals surface area contributed by atoms with E-state index < -0.39 is 5.92 Å². The van der Waals surface area contributed by atoms with E-state index >= 15 is 0 Å². The zero-order valence-corrected chi connectivity index (χ0v) is 13.6. The Kier molecular flexibility index (Phi) is 4.59. The molecule has 0 bridgehead atoms. The number of halogens is 2. The van der Waals surface area contributed by atoms with Crippen LogP contribution in [0.25, 0.3) is 11.4 Å². The largest absolute Gasteiger partial charge is 0.338 e. The van der Waals surface area contributed by atoms with E-state index in [0.29, 0.717) is 5.56 Å². The van der Waals surface area contributed by atoms with Gasteiger partial charge in [-0.25, -0.2) is 18.4 Å². The smallest absolute Gasteiger partial charge is 0.253 e. The molecule has 1 aromatic carbocycles. The van der Waals surface area contributed by atoms with Gasteiger partial charge in [0.1, 0.15) is 6.33 Å². The van der Waals surface area contributed by atoms with Crippen LogP contribution in [0.4, 0.5) is 8.78 Å². The van der Waals surface area contributed by atoms with Gasteiger partial charge in [0, 0.05) is 43.6 Å². The van der Waals surface area contributed by atoms with Gasteiger partial charge in [-0.2, -0.15) is 5.10 Å². The molecule has 0 radical (unpaired) electrons. The summed E-state index contributed by atoms with van der Waals surface area (Å²) in [5.74, 6) is -2.09. The summed E-state index contributed by atoms with van der Waals surface area (Å²) in [7, 11) is 0. The number of aryl methyl sites for hydroxylation is 1. The lowest BCUT2D eigenvalue weighted by Crippen LogP contribution is -2.42. The summed E-state index contributed by atoms with van der Waals surface area (Å²) in [6, 6.07) is 7.08. The normalized spacial score (nSPS) is 17.0. The Balaban J connectivity index is 1.72. The lowest BCUT2D eigenvalue weighted by molar-refractivity contribution is -0.0494. The van der Waals surface area contributed by atoms with Crippen LogP contribution in [-0.2, 0) is 6.54 Å². The highest BCUT2D eigenvalue weighted by Crippen LogP contribution is 2.28. The van der Waals surface area contributed by atoms with Crippen LogP contribution in [0.3, 0.4) is 0 Å². The van der Waals surface area contributed by atoms with Crippen LogP contribution in [0, 0.1) is 0 Å². The summed E-state index contributed by atoms with van der Waals surface area (Å²) in [5, 5.41) is 4.19. The van der Waals surface area contributed by atoms with E-state index in [4.69, 9.17) is 0 Å². The molecule has 24 heavy (non-hydrogen) atoms. The van der Waals surface area contributed by atoms with Crippen molar-refractivity contribution in [1.29, 1.82) is 0 Å². The SMILES string of the molecule is CCCn1ncnc1-c1ccc(C(=O)N2CCC(F)(F)CC2)cc1. The molecule has 2 heterocycles.